The topological polar surface area (TPSA) is 119 Å². The van der Waals surface area contributed by atoms with E-state index in [-0.39, 0.29) is 42.2 Å². The van der Waals surface area contributed by atoms with Crippen LogP contribution in [0.15, 0.2) is 57.8 Å². The molecule has 0 bridgehead atoms. The molecule has 0 unspecified atom stereocenters. The van der Waals surface area contributed by atoms with Crippen molar-refractivity contribution in [3.05, 3.63) is 65.2 Å². The number of aromatic nitrogens is 2. The maximum absolute atomic E-state index is 13.2. The molecule has 0 saturated carbocycles. The SMILES string of the molecule is CCOC(=O)C1CCN(S(=O)(=O)c2cccc(C(=O)CNc3nnc(SCc4cccc(C)c4)s3)c2)CC1. The smallest absolute Gasteiger partial charge is 0.309 e. The third-order valence-electron chi connectivity index (χ3n) is 6.12. The van der Waals surface area contributed by atoms with E-state index < -0.39 is 10.0 Å². The summed E-state index contributed by atoms with van der Waals surface area (Å²) in [7, 11) is -3.79. The first-order chi connectivity index (χ1) is 18.3. The minimum absolute atomic E-state index is 0.0361. The van der Waals surface area contributed by atoms with Crippen LogP contribution in [0.4, 0.5) is 5.13 Å². The van der Waals surface area contributed by atoms with Gasteiger partial charge >= 0.3 is 5.97 Å². The van der Waals surface area contributed by atoms with Gasteiger partial charge in [0.15, 0.2) is 10.1 Å². The van der Waals surface area contributed by atoms with Gasteiger partial charge in [-0.05, 0) is 44.4 Å². The van der Waals surface area contributed by atoms with Crippen molar-refractivity contribution in [3.8, 4) is 0 Å². The lowest BCUT2D eigenvalue weighted by molar-refractivity contribution is -0.149. The first-order valence-electron chi connectivity index (χ1n) is 12.3. The van der Waals surface area contributed by atoms with Crippen molar-refractivity contribution in [2.24, 2.45) is 5.92 Å². The Balaban J connectivity index is 1.32. The van der Waals surface area contributed by atoms with Crippen molar-refractivity contribution in [2.45, 2.75) is 41.7 Å². The molecule has 2 aromatic carbocycles. The Bertz CT molecular complexity index is 1380. The molecule has 4 rings (SSSR count). The van der Waals surface area contributed by atoms with Crippen molar-refractivity contribution >= 4 is 50.0 Å². The number of nitrogens with one attached hydrogen (secondary N) is 1. The van der Waals surface area contributed by atoms with Gasteiger partial charge in [-0.3, -0.25) is 9.59 Å². The number of benzene rings is 2. The Morgan fingerprint density at radius 3 is 2.63 bits per heavy atom. The van der Waals surface area contributed by atoms with Crippen LogP contribution < -0.4 is 5.32 Å². The predicted octanol–water partition coefficient (Wildman–Crippen LogP) is 4.40. The van der Waals surface area contributed by atoms with E-state index in [4.69, 9.17) is 4.74 Å². The molecule has 1 fully saturated rings. The second kappa shape index (κ2) is 12.8. The number of piperidine rings is 1. The van der Waals surface area contributed by atoms with Crippen molar-refractivity contribution < 1.29 is 22.7 Å². The summed E-state index contributed by atoms with van der Waals surface area (Å²) in [5, 5.41) is 11.8. The van der Waals surface area contributed by atoms with Crippen LogP contribution in [0.2, 0.25) is 0 Å². The summed E-state index contributed by atoms with van der Waals surface area (Å²) in [6.07, 6.45) is 0.821. The fourth-order valence-electron chi connectivity index (χ4n) is 4.12. The molecule has 3 aromatic rings. The number of carbonyl (C=O) groups excluding carboxylic acids is 2. The Hall–Kier alpha value is -2.80. The van der Waals surface area contributed by atoms with Crippen LogP contribution in [0, 0.1) is 12.8 Å². The first kappa shape index (κ1) is 28.2. The molecule has 1 aliphatic rings. The van der Waals surface area contributed by atoms with Crippen LogP contribution in [0.3, 0.4) is 0 Å². The highest BCUT2D eigenvalue weighted by molar-refractivity contribution is 8.00. The summed E-state index contributed by atoms with van der Waals surface area (Å²) < 4.78 is 33.6. The minimum atomic E-state index is -3.79. The highest BCUT2D eigenvalue weighted by Gasteiger charge is 2.33. The van der Waals surface area contributed by atoms with E-state index in [1.165, 1.54) is 38.9 Å². The summed E-state index contributed by atoms with van der Waals surface area (Å²) >= 11 is 2.95. The summed E-state index contributed by atoms with van der Waals surface area (Å²) in [6.45, 7) is 4.53. The van der Waals surface area contributed by atoms with Gasteiger partial charge in [0.25, 0.3) is 0 Å². The molecule has 9 nitrogen and oxygen atoms in total. The fraction of sp³-hybridized carbons (Fsp3) is 0.385. The maximum Gasteiger partial charge on any atom is 0.309 e. The largest absolute Gasteiger partial charge is 0.466 e. The molecular formula is C26H30N4O5S3. The van der Waals surface area contributed by atoms with Crippen molar-refractivity contribution in [1.29, 1.82) is 0 Å². The summed E-state index contributed by atoms with van der Waals surface area (Å²) in [4.78, 5) is 24.9. The molecule has 0 spiro atoms. The predicted molar refractivity (Wildman–Crippen MR) is 148 cm³/mol. The molecule has 1 aromatic heterocycles. The van der Waals surface area contributed by atoms with Gasteiger partial charge in [0.1, 0.15) is 0 Å². The van der Waals surface area contributed by atoms with E-state index in [1.54, 1.807) is 30.8 Å². The third kappa shape index (κ3) is 7.19. The quantitative estimate of drug-likeness (QED) is 0.202. The number of esters is 1. The number of thioether (sulfide) groups is 1. The van der Waals surface area contributed by atoms with Crippen molar-refractivity contribution in [2.75, 3.05) is 31.6 Å². The number of Topliss-reactive ketones (excluding diaryl/α,β-unsaturated/α-hetero) is 1. The summed E-state index contributed by atoms with van der Waals surface area (Å²) in [5.74, 6) is -0.0525. The fourth-order valence-corrected chi connectivity index (χ4v) is 7.32. The number of ketones is 1. The average Bonchev–Trinajstić information content (AvgIpc) is 3.39. The van der Waals surface area contributed by atoms with Crippen LogP contribution >= 0.6 is 23.1 Å². The molecule has 0 atom stereocenters. The number of hydrogen-bond acceptors (Lipinski definition) is 10. The Morgan fingerprint density at radius 2 is 1.89 bits per heavy atom. The van der Waals surface area contributed by atoms with Gasteiger partial charge in [-0.25, -0.2) is 8.42 Å². The lowest BCUT2D eigenvalue weighted by Crippen LogP contribution is -2.40. The van der Waals surface area contributed by atoms with Crippen LogP contribution in [0.5, 0.6) is 0 Å². The van der Waals surface area contributed by atoms with E-state index in [0.29, 0.717) is 30.1 Å². The number of rotatable bonds is 11. The normalized spacial score (nSPS) is 14.8. The first-order valence-corrected chi connectivity index (χ1v) is 15.6. The molecule has 0 amide bonds. The molecule has 12 heteroatoms. The molecule has 202 valence electrons. The molecule has 38 heavy (non-hydrogen) atoms. The van der Waals surface area contributed by atoms with Gasteiger partial charge in [-0.2, -0.15) is 4.31 Å². The standard InChI is InChI=1S/C26H30N4O5S3/c1-3-35-24(32)20-10-12-30(13-11-20)38(33,34)22-9-5-8-21(15-22)23(31)16-27-25-28-29-26(37-25)36-17-19-7-4-6-18(2)14-19/h4-9,14-15,20H,3,10-13,16-17H2,1-2H3,(H,27,28). The highest BCUT2D eigenvalue weighted by Crippen LogP contribution is 2.29. The monoisotopic (exact) mass is 574 g/mol. The second-order valence-electron chi connectivity index (χ2n) is 8.89. The lowest BCUT2D eigenvalue weighted by Gasteiger charge is -2.30. The van der Waals surface area contributed by atoms with Crippen molar-refractivity contribution in [3.63, 3.8) is 0 Å². The minimum Gasteiger partial charge on any atom is -0.466 e. The van der Waals surface area contributed by atoms with Gasteiger partial charge in [-0.1, -0.05) is 65.1 Å². The van der Waals surface area contributed by atoms with Gasteiger partial charge < -0.3 is 10.1 Å². The molecule has 0 radical (unpaired) electrons. The molecular weight excluding hydrogens is 545 g/mol. The van der Waals surface area contributed by atoms with Crippen LogP contribution in [-0.2, 0) is 25.3 Å². The summed E-state index contributed by atoms with van der Waals surface area (Å²) in [6, 6.07) is 14.3. The summed E-state index contributed by atoms with van der Waals surface area (Å²) in [5.41, 5.74) is 2.70. The molecule has 1 aliphatic heterocycles. The van der Waals surface area contributed by atoms with Crippen molar-refractivity contribution in [1.82, 2.24) is 14.5 Å². The van der Waals surface area contributed by atoms with Gasteiger partial charge in [0.05, 0.1) is 24.0 Å². The zero-order valence-electron chi connectivity index (χ0n) is 21.3. The van der Waals surface area contributed by atoms with Crippen LogP contribution in [0.1, 0.15) is 41.3 Å². The molecule has 1 N–H and O–H groups in total. The van der Waals surface area contributed by atoms with Crippen LogP contribution in [-0.4, -0.2) is 60.9 Å². The molecule has 0 aliphatic carbocycles. The number of sulfonamides is 1. The zero-order valence-corrected chi connectivity index (χ0v) is 23.7. The number of aryl methyl sites for hydroxylation is 1. The van der Waals surface area contributed by atoms with E-state index in [0.717, 1.165) is 10.1 Å². The van der Waals surface area contributed by atoms with Crippen LogP contribution in [0.25, 0.3) is 0 Å². The van der Waals surface area contributed by atoms with E-state index in [2.05, 4.69) is 40.6 Å². The third-order valence-corrected chi connectivity index (χ3v) is 10.1. The average molecular weight is 575 g/mol. The molecule has 2 heterocycles. The zero-order chi connectivity index (χ0) is 27.1. The Kier molecular flexibility index (Phi) is 9.53. The van der Waals surface area contributed by atoms with Gasteiger partial charge in [-0.15, -0.1) is 10.2 Å². The number of hydrogen-bond donors (Lipinski definition) is 1. The van der Waals surface area contributed by atoms with E-state index >= 15 is 0 Å². The molecule has 1 saturated heterocycles. The highest BCUT2D eigenvalue weighted by atomic mass is 32.2. The Morgan fingerprint density at radius 1 is 1.13 bits per heavy atom. The maximum atomic E-state index is 13.2. The lowest BCUT2D eigenvalue weighted by atomic mass is 9.98. The number of ether oxygens (including phenoxy) is 1. The van der Waals surface area contributed by atoms with E-state index in [9.17, 15) is 18.0 Å². The number of anilines is 1. The van der Waals surface area contributed by atoms with Gasteiger partial charge in [0, 0.05) is 24.4 Å². The second-order valence-corrected chi connectivity index (χ2v) is 13.0. The van der Waals surface area contributed by atoms with E-state index in [1.807, 2.05) is 6.07 Å². The number of carbonyl (C=O) groups is 2. The number of nitrogens with zero attached hydrogens (tertiary/aromatic N) is 3. The van der Waals surface area contributed by atoms with Gasteiger partial charge in [0.2, 0.25) is 15.2 Å². The Labute approximate surface area is 231 Å².